The molecule has 9 N–H and O–H groups in total. The SMILES string of the molecule is CCC(CCCCNC(=O)CC[C@H](NC(=O)CC[C@H](CC(=O)COCCOCCNC(=O)COCCOCCCC(=O)CC[C@H](NC(=O)CCCCCCCCCCCCC(=O)O)C(=O)O)C(=O)O)C(=O)O)C(=O)CO. The van der Waals surface area contributed by atoms with Gasteiger partial charge in [-0.05, 0) is 57.8 Å². The molecule has 0 aromatic carbocycles. The van der Waals surface area contributed by atoms with E-state index in [1.807, 2.05) is 6.92 Å². The van der Waals surface area contributed by atoms with Crippen molar-refractivity contribution in [2.75, 3.05) is 72.6 Å². The molecule has 0 saturated carbocycles. The van der Waals surface area contributed by atoms with E-state index in [1.54, 1.807) is 0 Å². The van der Waals surface area contributed by atoms with Crippen molar-refractivity contribution in [3.8, 4) is 0 Å². The molecule has 0 bridgehead atoms. The second-order valence-electron chi connectivity index (χ2n) is 18.6. The van der Waals surface area contributed by atoms with Crippen molar-refractivity contribution < 1.29 is 97.2 Å². The van der Waals surface area contributed by atoms with Gasteiger partial charge in [0.1, 0.15) is 37.7 Å². The van der Waals surface area contributed by atoms with E-state index in [2.05, 4.69) is 21.3 Å². The number of ketones is 3. The molecule has 0 aromatic rings. The highest BCUT2D eigenvalue weighted by Crippen LogP contribution is 2.16. The molecule has 24 nitrogen and oxygen atoms in total. The minimum Gasteiger partial charge on any atom is -0.481 e. The standard InChI is InChI=1S/C52H88N4O20/c1-2-38(44(60)35-57)16-13-14-26-53-45(61)25-23-43(52(71)72)56-47(63)24-20-39(50(67)68)34-41(59)36-75-32-31-74-29-27-54-48(64)37-76-33-30-73-28-15-17-40(58)21-22-42(51(69)70)55-46(62)18-11-9-7-5-3-4-6-8-10-12-19-49(65)66/h38-39,42-43,57H,2-37H2,1H3,(H,53,61)(H,54,64)(H,55,62)(H,56,63)(H,65,66)(H,67,68)(H,69,70)(H,71,72)/t38?,39-,42+,43+/m1/s1. The van der Waals surface area contributed by atoms with Crippen molar-refractivity contribution in [1.29, 1.82) is 0 Å². The van der Waals surface area contributed by atoms with E-state index in [0.29, 0.717) is 51.5 Å². The molecule has 0 aliphatic rings. The van der Waals surface area contributed by atoms with Crippen LogP contribution in [0.15, 0.2) is 0 Å². The highest BCUT2D eigenvalue weighted by Gasteiger charge is 2.26. The number of carbonyl (C=O) groups is 11. The molecular weight excluding hydrogens is 1000 g/mol. The summed E-state index contributed by atoms with van der Waals surface area (Å²) in [5, 5.41) is 56.4. The summed E-state index contributed by atoms with van der Waals surface area (Å²) < 4.78 is 21.3. The number of ether oxygens (including phenoxy) is 4. The Morgan fingerprint density at radius 2 is 0.921 bits per heavy atom. The predicted molar refractivity (Wildman–Crippen MR) is 274 cm³/mol. The van der Waals surface area contributed by atoms with Crippen LogP contribution >= 0.6 is 0 Å². The molecule has 0 heterocycles. The van der Waals surface area contributed by atoms with Gasteiger partial charge in [0.15, 0.2) is 11.6 Å². The number of amides is 4. The molecular formula is C52H88N4O20. The van der Waals surface area contributed by atoms with Gasteiger partial charge in [-0.15, -0.1) is 0 Å². The number of aliphatic hydroxyl groups excluding tert-OH is 1. The fourth-order valence-corrected chi connectivity index (χ4v) is 7.71. The van der Waals surface area contributed by atoms with Gasteiger partial charge < -0.3 is 65.7 Å². The topological polar surface area (TPSA) is 374 Å². The minimum absolute atomic E-state index is 0.00269. The van der Waals surface area contributed by atoms with Gasteiger partial charge >= 0.3 is 23.9 Å². The highest BCUT2D eigenvalue weighted by atomic mass is 16.5. The van der Waals surface area contributed by atoms with E-state index in [1.165, 1.54) is 0 Å². The number of nitrogens with one attached hydrogen (secondary N) is 4. The lowest BCUT2D eigenvalue weighted by Gasteiger charge is -2.16. The number of hydrogen-bond acceptors (Lipinski definition) is 16. The van der Waals surface area contributed by atoms with Crippen LogP contribution in [0.4, 0.5) is 0 Å². The van der Waals surface area contributed by atoms with E-state index < -0.39 is 85.0 Å². The maximum absolute atomic E-state index is 12.5. The number of carboxylic acid groups (broad SMARTS) is 4. The lowest BCUT2D eigenvalue weighted by Crippen LogP contribution is -2.42. The van der Waals surface area contributed by atoms with E-state index in [4.69, 9.17) is 29.2 Å². The molecule has 1 unspecified atom stereocenters. The zero-order chi connectivity index (χ0) is 56.8. The van der Waals surface area contributed by atoms with Crippen LogP contribution in [0.25, 0.3) is 0 Å². The number of aliphatic carboxylic acids is 4. The second kappa shape index (κ2) is 46.8. The van der Waals surface area contributed by atoms with Gasteiger partial charge in [0.2, 0.25) is 23.6 Å². The summed E-state index contributed by atoms with van der Waals surface area (Å²) in [6, 6.07) is -2.55. The smallest absolute Gasteiger partial charge is 0.326 e. The third-order valence-electron chi connectivity index (χ3n) is 12.2. The third kappa shape index (κ3) is 41.8. The summed E-state index contributed by atoms with van der Waals surface area (Å²) in [6.45, 7) is 1.89. The molecule has 0 radical (unpaired) electrons. The summed E-state index contributed by atoms with van der Waals surface area (Å²) in [5.41, 5.74) is 0. The number of carbonyl (C=O) groups excluding carboxylic acids is 7. The van der Waals surface area contributed by atoms with Crippen LogP contribution in [-0.4, -0.2) is 175 Å². The van der Waals surface area contributed by atoms with E-state index in [-0.39, 0.29) is 134 Å². The van der Waals surface area contributed by atoms with Crippen molar-refractivity contribution in [1.82, 2.24) is 21.3 Å². The Balaban J connectivity index is 4.02. The monoisotopic (exact) mass is 1090 g/mol. The molecule has 0 saturated heterocycles. The number of rotatable bonds is 54. The van der Waals surface area contributed by atoms with Crippen LogP contribution in [0.1, 0.15) is 167 Å². The molecule has 0 fully saturated rings. The van der Waals surface area contributed by atoms with Gasteiger partial charge in [0.25, 0.3) is 0 Å². The van der Waals surface area contributed by atoms with Gasteiger partial charge in [-0.1, -0.05) is 64.7 Å². The fraction of sp³-hybridized carbons (Fsp3) is 0.788. The molecule has 24 heteroatoms. The zero-order valence-electron chi connectivity index (χ0n) is 44.6. The highest BCUT2D eigenvalue weighted by molar-refractivity contribution is 5.87. The van der Waals surface area contributed by atoms with Crippen molar-refractivity contribution in [3.05, 3.63) is 0 Å². The zero-order valence-corrected chi connectivity index (χ0v) is 44.6. The molecule has 0 aliphatic carbocycles. The van der Waals surface area contributed by atoms with Crippen molar-refractivity contribution >= 4 is 64.9 Å². The molecule has 0 rings (SSSR count). The van der Waals surface area contributed by atoms with E-state index >= 15 is 0 Å². The van der Waals surface area contributed by atoms with Crippen LogP contribution in [0, 0.1) is 11.8 Å². The molecule has 76 heavy (non-hydrogen) atoms. The van der Waals surface area contributed by atoms with Gasteiger partial charge in [-0.25, -0.2) is 9.59 Å². The van der Waals surface area contributed by atoms with Crippen LogP contribution in [-0.2, 0) is 71.7 Å². The molecule has 4 atom stereocenters. The maximum Gasteiger partial charge on any atom is 0.326 e. The summed E-state index contributed by atoms with van der Waals surface area (Å²) >= 11 is 0. The Morgan fingerprint density at radius 3 is 1.49 bits per heavy atom. The molecule has 436 valence electrons. The van der Waals surface area contributed by atoms with Crippen molar-refractivity contribution in [2.24, 2.45) is 11.8 Å². The normalized spacial score (nSPS) is 12.7. The Hall–Kier alpha value is -5.43. The quantitative estimate of drug-likeness (QED) is 0.0395. The van der Waals surface area contributed by atoms with Crippen LogP contribution < -0.4 is 21.3 Å². The minimum atomic E-state index is -1.40. The Kier molecular flexibility index (Phi) is 43.5. The van der Waals surface area contributed by atoms with Gasteiger partial charge in [-0.2, -0.15) is 0 Å². The lowest BCUT2D eigenvalue weighted by atomic mass is 9.95. The van der Waals surface area contributed by atoms with Crippen LogP contribution in [0.5, 0.6) is 0 Å². The van der Waals surface area contributed by atoms with Crippen LogP contribution in [0.2, 0.25) is 0 Å². The Labute approximate surface area is 446 Å². The average molecular weight is 1090 g/mol. The molecule has 0 spiro atoms. The largest absolute Gasteiger partial charge is 0.481 e. The fourth-order valence-electron chi connectivity index (χ4n) is 7.71. The summed E-state index contributed by atoms with van der Waals surface area (Å²) in [4.78, 5) is 131. The van der Waals surface area contributed by atoms with Crippen molar-refractivity contribution in [2.45, 2.75) is 180 Å². The van der Waals surface area contributed by atoms with E-state index in [0.717, 1.165) is 51.4 Å². The van der Waals surface area contributed by atoms with Gasteiger partial charge in [-0.3, -0.25) is 43.2 Å². The average Bonchev–Trinajstić information content (AvgIpc) is 3.37. The Morgan fingerprint density at radius 1 is 0.408 bits per heavy atom. The number of hydrogen-bond donors (Lipinski definition) is 9. The van der Waals surface area contributed by atoms with Gasteiger partial charge in [0.05, 0.1) is 39.0 Å². The van der Waals surface area contributed by atoms with Crippen molar-refractivity contribution in [3.63, 3.8) is 0 Å². The summed E-state index contributed by atoms with van der Waals surface area (Å²) in [5.74, 6) is -8.99. The molecule has 4 amide bonds. The molecule has 0 aromatic heterocycles. The number of aliphatic hydroxyl groups is 1. The summed E-state index contributed by atoms with van der Waals surface area (Å²) in [6.07, 6.45) is 11.4. The van der Waals surface area contributed by atoms with Crippen LogP contribution in [0.3, 0.4) is 0 Å². The number of Topliss-reactive ketones (excluding diaryl/α,β-unsaturated/α-hetero) is 3. The molecule has 0 aliphatic heterocycles. The number of carboxylic acids is 4. The first-order chi connectivity index (χ1) is 36.4. The Bertz CT molecular complexity index is 1730. The number of unbranched alkanes of at least 4 members (excludes halogenated alkanes) is 10. The first-order valence-corrected chi connectivity index (χ1v) is 26.9. The second-order valence-corrected chi connectivity index (χ2v) is 18.6. The summed E-state index contributed by atoms with van der Waals surface area (Å²) in [7, 11) is 0. The van der Waals surface area contributed by atoms with Gasteiger partial charge in [0, 0.05) is 70.6 Å². The maximum atomic E-state index is 12.5. The third-order valence-corrected chi connectivity index (χ3v) is 12.2. The predicted octanol–water partition coefficient (Wildman–Crippen LogP) is 3.30. The lowest BCUT2D eigenvalue weighted by molar-refractivity contribution is -0.145. The first kappa shape index (κ1) is 70.6. The first-order valence-electron chi connectivity index (χ1n) is 26.9. The van der Waals surface area contributed by atoms with E-state index in [9.17, 15) is 68.1 Å².